The molecular weight excluding hydrogens is 366 g/mol. The maximum atomic E-state index is 13.2. The van der Waals surface area contributed by atoms with E-state index in [1.807, 2.05) is 11.3 Å². The van der Waals surface area contributed by atoms with E-state index in [0.29, 0.717) is 24.4 Å². The molecular formula is C23H31N3OS. The van der Waals surface area contributed by atoms with Crippen molar-refractivity contribution in [3.05, 3.63) is 29.3 Å². The number of fused-ring (bicyclic) bond motifs is 2. The largest absolute Gasteiger partial charge is 0.341 e. The van der Waals surface area contributed by atoms with Gasteiger partial charge in [0, 0.05) is 25.0 Å². The maximum Gasteiger partial charge on any atom is 0.236 e. The van der Waals surface area contributed by atoms with Gasteiger partial charge in [-0.05, 0) is 63.1 Å². The van der Waals surface area contributed by atoms with Gasteiger partial charge in [0.1, 0.15) is 0 Å². The van der Waals surface area contributed by atoms with Gasteiger partial charge in [0.05, 0.1) is 21.8 Å². The standard InChI is InChI=1S/C23H31N3OS/c27-22(16-25-13-5-8-17-7-1-3-11-20(17)25)26-14-6-9-18(15-26)23-24-19-10-2-4-12-21(19)28-23/h2,4,10,12,17-18,20H,1,3,5-9,11,13-16H2/t17-,18+,20-/m0/s1. The Labute approximate surface area is 171 Å². The van der Waals surface area contributed by atoms with Crippen LogP contribution in [0, 0.1) is 5.92 Å². The number of carbonyl (C=O) groups excluding carboxylic acids is 1. The summed E-state index contributed by atoms with van der Waals surface area (Å²) in [6.07, 6.45) is 10.3. The third-order valence-corrected chi connectivity index (χ3v) is 8.33. The van der Waals surface area contributed by atoms with E-state index in [1.165, 1.54) is 48.2 Å². The number of para-hydroxylation sites is 1. The van der Waals surface area contributed by atoms with E-state index in [0.717, 1.165) is 43.9 Å². The molecule has 2 aliphatic heterocycles. The monoisotopic (exact) mass is 397 g/mol. The molecule has 0 unspecified atom stereocenters. The SMILES string of the molecule is O=C(CN1CCC[C@@H]2CCCC[C@@H]21)N1CCC[C@@H](c2nc3ccccc3s2)C1. The Hall–Kier alpha value is -1.46. The van der Waals surface area contributed by atoms with Crippen LogP contribution in [0.15, 0.2) is 24.3 Å². The third-order valence-electron chi connectivity index (χ3n) is 7.13. The first-order valence-corrected chi connectivity index (χ1v) is 12.0. The minimum Gasteiger partial charge on any atom is -0.341 e. The van der Waals surface area contributed by atoms with Gasteiger partial charge in [0.2, 0.25) is 5.91 Å². The molecule has 1 saturated carbocycles. The van der Waals surface area contributed by atoms with Gasteiger partial charge in [-0.25, -0.2) is 4.98 Å². The highest BCUT2D eigenvalue weighted by Crippen LogP contribution is 2.36. The minimum atomic E-state index is 0.344. The van der Waals surface area contributed by atoms with Gasteiger partial charge in [0.25, 0.3) is 0 Å². The number of benzene rings is 1. The topological polar surface area (TPSA) is 36.4 Å². The van der Waals surface area contributed by atoms with Crippen molar-refractivity contribution in [1.82, 2.24) is 14.8 Å². The average molecular weight is 398 g/mol. The van der Waals surface area contributed by atoms with Crippen LogP contribution >= 0.6 is 11.3 Å². The fourth-order valence-electron chi connectivity index (χ4n) is 5.67. The van der Waals surface area contributed by atoms with Crippen LogP contribution in [0.1, 0.15) is 62.3 Å². The molecule has 3 aliphatic rings. The van der Waals surface area contributed by atoms with Crippen molar-refractivity contribution in [2.45, 2.75) is 63.3 Å². The second kappa shape index (κ2) is 8.11. The zero-order valence-corrected chi connectivity index (χ0v) is 17.5. The van der Waals surface area contributed by atoms with Crippen molar-refractivity contribution in [2.24, 2.45) is 5.92 Å². The van der Waals surface area contributed by atoms with Gasteiger partial charge in [-0.15, -0.1) is 11.3 Å². The smallest absolute Gasteiger partial charge is 0.236 e. The van der Waals surface area contributed by atoms with Gasteiger partial charge in [-0.3, -0.25) is 9.69 Å². The molecule has 150 valence electrons. The van der Waals surface area contributed by atoms with Gasteiger partial charge in [0.15, 0.2) is 0 Å². The molecule has 4 nitrogen and oxygen atoms in total. The van der Waals surface area contributed by atoms with Crippen molar-refractivity contribution in [1.29, 1.82) is 0 Å². The van der Waals surface area contributed by atoms with E-state index in [4.69, 9.17) is 4.98 Å². The Morgan fingerprint density at radius 2 is 1.86 bits per heavy atom. The van der Waals surface area contributed by atoms with Crippen molar-refractivity contribution >= 4 is 27.5 Å². The molecule has 28 heavy (non-hydrogen) atoms. The number of aromatic nitrogens is 1. The van der Waals surface area contributed by atoms with E-state index in [-0.39, 0.29) is 0 Å². The highest BCUT2D eigenvalue weighted by atomic mass is 32.1. The van der Waals surface area contributed by atoms with Crippen LogP contribution in [-0.2, 0) is 4.79 Å². The minimum absolute atomic E-state index is 0.344. The van der Waals surface area contributed by atoms with E-state index in [9.17, 15) is 4.79 Å². The predicted molar refractivity (Wildman–Crippen MR) is 115 cm³/mol. The number of amides is 1. The summed E-state index contributed by atoms with van der Waals surface area (Å²) in [5, 5.41) is 1.21. The van der Waals surface area contributed by atoms with Gasteiger partial charge >= 0.3 is 0 Å². The van der Waals surface area contributed by atoms with Crippen LogP contribution in [0.4, 0.5) is 0 Å². The van der Waals surface area contributed by atoms with Crippen LogP contribution in [0.25, 0.3) is 10.2 Å². The van der Waals surface area contributed by atoms with Crippen LogP contribution in [0.5, 0.6) is 0 Å². The summed E-state index contributed by atoms with van der Waals surface area (Å²) < 4.78 is 1.26. The number of carbonyl (C=O) groups is 1. The van der Waals surface area contributed by atoms with E-state index < -0.39 is 0 Å². The molecule has 1 aromatic heterocycles. The van der Waals surface area contributed by atoms with E-state index >= 15 is 0 Å². The Morgan fingerprint density at radius 3 is 2.79 bits per heavy atom. The first-order valence-electron chi connectivity index (χ1n) is 11.2. The Bertz CT molecular complexity index is 799. The molecule has 1 amide bonds. The molecule has 5 rings (SSSR count). The average Bonchev–Trinajstić information content (AvgIpc) is 3.18. The Balaban J connectivity index is 1.25. The highest BCUT2D eigenvalue weighted by Gasteiger charge is 2.35. The number of nitrogens with zero attached hydrogens (tertiary/aromatic N) is 3. The Morgan fingerprint density at radius 1 is 1.04 bits per heavy atom. The quantitative estimate of drug-likeness (QED) is 0.756. The molecule has 0 radical (unpaired) electrons. The van der Waals surface area contributed by atoms with Crippen molar-refractivity contribution in [2.75, 3.05) is 26.2 Å². The summed E-state index contributed by atoms with van der Waals surface area (Å²) >= 11 is 1.81. The number of hydrogen-bond acceptors (Lipinski definition) is 4. The zero-order valence-electron chi connectivity index (χ0n) is 16.7. The molecule has 1 aliphatic carbocycles. The summed E-state index contributed by atoms with van der Waals surface area (Å²) in [7, 11) is 0. The van der Waals surface area contributed by atoms with E-state index in [1.54, 1.807) is 0 Å². The second-order valence-corrected chi connectivity index (χ2v) is 9.99. The number of thiazole rings is 1. The molecule has 0 spiro atoms. The first kappa shape index (κ1) is 18.6. The van der Waals surface area contributed by atoms with Gasteiger partial charge < -0.3 is 4.90 Å². The fourth-order valence-corrected chi connectivity index (χ4v) is 6.76. The molecule has 2 aromatic rings. The summed E-state index contributed by atoms with van der Waals surface area (Å²) in [5.41, 5.74) is 1.10. The van der Waals surface area contributed by atoms with Crippen molar-refractivity contribution in [3.8, 4) is 0 Å². The predicted octanol–water partition coefficient (Wildman–Crippen LogP) is 4.66. The molecule has 3 heterocycles. The molecule has 2 saturated heterocycles. The number of likely N-dealkylation sites (tertiary alicyclic amines) is 2. The lowest BCUT2D eigenvalue weighted by Crippen LogP contribution is -2.52. The van der Waals surface area contributed by atoms with Crippen LogP contribution in [0.2, 0.25) is 0 Å². The van der Waals surface area contributed by atoms with Gasteiger partial charge in [-0.2, -0.15) is 0 Å². The highest BCUT2D eigenvalue weighted by molar-refractivity contribution is 7.18. The summed E-state index contributed by atoms with van der Waals surface area (Å²) in [5.74, 6) is 1.59. The van der Waals surface area contributed by atoms with Gasteiger partial charge in [-0.1, -0.05) is 25.0 Å². The number of rotatable bonds is 3. The molecule has 0 N–H and O–H groups in total. The van der Waals surface area contributed by atoms with Crippen molar-refractivity contribution in [3.63, 3.8) is 0 Å². The number of hydrogen-bond donors (Lipinski definition) is 0. The van der Waals surface area contributed by atoms with Crippen LogP contribution in [0.3, 0.4) is 0 Å². The molecule has 1 aromatic carbocycles. The normalized spacial score (nSPS) is 29.0. The second-order valence-electron chi connectivity index (χ2n) is 8.92. The summed E-state index contributed by atoms with van der Waals surface area (Å²) in [6, 6.07) is 9.05. The van der Waals surface area contributed by atoms with Crippen LogP contribution in [-0.4, -0.2) is 52.9 Å². The maximum absolute atomic E-state index is 13.2. The first-order chi connectivity index (χ1) is 13.8. The summed E-state index contributed by atoms with van der Waals surface area (Å²) in [4.78, 5) is 22.7. The number of piperidine rings is 2. The van der Waals surface area contributed by atoms with Crippen LogP contribution < -0.4 is 0 Å². The van der Waals surface area contributed by atoms with Crippen molar-refractivity contribution < 1.29 is 4.79 Å². The molecule has 5 heteroatoms. The lowest BCUT2D eigenvalue weighted by atomic mass is 9.78. The molecule has 0 bridgehead atoms. The third kappa shape index (κ3) is 3.71. The van der Waals surface area contributed by atoms with E-state index in [2.05, 4.69) is 34.1 Å². The summed E-state index contributed by atoms with van der Waals surface area (Å²) in [6.45, 7) is 3.51. The lowest BCUT2D eigenvalue weighted by Gasteiger charge is -2.44. The fraction of sp³-hybridized carbons (Fsp3) is 0.652. The zero-order chi connectivity index (χ0) is 18.9. The molecule has 3 fully saturated rings. The lowest BCUT2D eigenvalue weighted by molar-refractivity contribution is -0.135. The molecule has 3 atom stereocenters. The Kier molecular flexibility index (Phi) is 5.38.